The van der Waals surface area contributed by atoms with E-state index in [9.17, 15) is 19.1 Å². The molecule has 2 aliphatic rings. The van der Waals surface area contributed by atoms with E-state index in [0.717, 1.165) is 29.4 Å². The van der Waals surface area contributed by atoms with Crippen LogP contribution < -0.4 is 0 Å². The number of aromatic carboxylic acids is 1. The molecule has 3 aromatic rings. The number of carbonyl (C=O) groups excluding carboxylic acids is 1. The van der Waals surface area contributed by atoms with Crippen LogP contribution in [0.25, 0.3) is 22.2 Å². The highest BCUT2D eigenvalue weighted by Gasteiger charge is 2.35. The lowest BCUT2D eigenvalue weighted by molar-refractivity contribution is -0.132. The molecule has 1 aromatic heterocycles. The van der Waals surface area contributed by atoms with Gasteiger partial charge in [-0.1, -0.05) is 25.0 Å². The van der Waals surface area contributed by atoms with Gasteiger partial charge in [0.05, 0.1) is 16.8 Å². The third kappa shape index (κ3) is 4.39. The summed E-state index contributed by atoms with van der Waals surface area (Å²) in [5.74, 6) is -2.00. The summed E-state index contributed by atoms with van der Waals surface area (Å²) in [6, 6.07) is 9.36. The number of benzene rings is 2. The molecule has 6 nitrogen and oxygen atoms in total. The molecule has 0 unspecified atom stereocenters. The van der Waals surface area contributed by atoms with Crippen LogP contribution in [0.1, 0.15) is 53.1 Å². The van der Waals surface area contributed by atoms with Crippen molar-refractivity contribution in [3.63, 3.8) is 0 Å². The van der Waals surface area contributed by atoms with E-state index in [2.05, 4.69) is 0 Å². The largest absolute Gasteiger partial charge is 0.478 e. The quantitative estimate of drug-likeness (QED) is 0.538. The van der Waals surface area contributed by atoms with Crippen LogP contribution in [0.2, 0.25) is 0 Å². The van der Waals surface area contributed by atoms with Gasteiger partial charge in [0.2, 0.25) is 5.91 Å². The Hall–Kier alpha value is -3.26. The predicted molar refractivity (Wildman–Crippen MR) is 134 cm³/mol. The molecule has 1 N–H and O–H groups in total. The van der Waals surface area contributed by atoms with E-state index in [1.807, 2.05) is 19.0 Å². The number of likely N-dealkylation sites (N-methyl/N-ethyl adjacent to an activating group) is 1. The van der Waals surface area contributed by atoms with E-state index >= 15 is 4.39 Å². The second-order valence-electron chi connectivity index (χ2n) is 10.2. The van der Waals surface area contributed by atoms with Crippen LogP contribution in [0.3, 0.4) is 0 Å². The lowest BCUT2D eigenvalue weighted by Crippen LogP contribution is -2.39. The maximum Gasteiger partial charge on any atom is 0.335 e. The Morgan fingerprint density at radius 1 is 1.11 bits per heavy atom. The fourth-order valence-corrected chi connectivity index (χ4v) is 5.71. The Bertz CT molecular complexity index is 1330. The number of carboxylic acid groups (broad SMARTS) is 1. The topological polar surface area (TPSA) is 65.8 Å². The lowest BCUT2D eigenvalue weighted by atomic mass is 9.80. The van der Waals surface area contributed by atoms with Crippen LogP contribution in [-0.2, 0) is 17.9 Å². The highest BCUT2D eigenvalue weighted by atomic mass is 19.1. The lowest BCUT2D eigenvalue weighted by Gasteiger charge is -2.31. The molecule has 1 aliphatic heterocycles. The summed E-state index contributed by atoms with van der Waals surface area (Å²) in [6.45, 7) is 1.47. The second-order valence-corrected chi connectivity index (χ2v) is 10.2. The highest BCUT2D eigenvalue weighted by molar-refractivity contribution is 5.99. The maximum absolute atomic E-state index is 15.4. The van der Waals surface area contributed by atoms with Gasteiger partial charge in [0.25, 0.3) is 0 Å². The standard InChI is InChI=1S/C28H31F2N3O3/c1-31(2)11-12-32-15-18-7-9-19(29)14-22(18)27-26(20-5-3-4-6-23(20)30)21-10-8-17(28(35)36)13-24(21)33(27)16-25(32)34/h7-10,13-14,20,23H,3-6,11-12,15-16H2,1-2H3,(H,35,36)/t20-,23-/m0/s1. The number of amides is 1. The van der Waals surface area contributed by atoms with E-state index in [1.165, 1.54) is 18.2 Å². The molecule has 0 radical (unpaired) electrons. The van der Waals surface area contributed by atoms with Crippen molar-refractivity contribution in [2.24, 2.45) is 0 Å². The van der Waals surface area contributed by atoms with Gasteiger partial charge in [-0.2, -0.15) is 0 Å². The molecular weight excluding hydrogens is 464 g/mol. The third-order valence-corrected chi connectivity index (χ3v) is 7.55. The van der Waals surface area contributed by atoms with E-state index in [4.69, 9.17) is 0 Å². The van der Waals surface area contributed by atoms with Gasteiger partial charge in [-0.05, 0) is 62.3 Å². The number of alkyl halides is 1. The third-order valence-electron chi connectivity index (χ3n) is 7.55. The SMILES string of the molecule is CN(C)CCN1Cc2ccc(F)cc2-c2c([C@H]3CCCC[C@@H]3F)c3ccc(C(=O)O)cc3n2CC1=O. The van der Waals surface area contributed by atoms with Gasteiger partial charge >= 0.3 is 5.97 Å². The summed E-state index contributed by atoms with van der Waals surface area (Å²) in [5.41, 5.74) is 3.48. The van der Waals surface area contributed by atoms with Gasteiger partial charge < -0.3 is 19.5 Å². The van der Waals surface area contributed by atoms with Gasteiger partial charge in [0.1, 0.15) is 18.5 Å². The number of hydrogen-bond donors (Lipinski definition) is 1. The minimum atomic E-state index is -1.08. The summed E-state index contributed by atoms with van der Waals surface area (Å²) >= 11 is 0. The van der Waals surface area contributed by atoms with Crippen molar-refractivity contribution in [3.05, 3.63) is 58.9 Å². The van der Waals surface area contributed by atoms with Crippen molar-refractivity contribution < 1.29 is 23.5 Å². The molecule has 190 valence electrons. The van der Waals surface area contributed by atoms with E-state index < -0.39 is 23.9 Å². The number of nitrogens with zero attached hydrogens (tertiary/aromatic N) is 3. The number of halogens is 2. The fraction of sp³-hybridized carbons (Fsp3) is 0.429. The molecule has 1 fully saturated rings. The Morgan fingerprint density at radius 3 is 2.61 bits per heavy atom. The minimum Gasteiger partial charge on any atom is -0.478 e. The molecule has 8 heteroatoms. The first-order valence-electron chi connectivity index (χ1n) is 12.5. The van der Waals surface area contributed by atoms with Gasteiger partial charge in [0, 0.05) is 36.5 Å². The maximum atomic E-state index is 15.4. The molecule has 2 aromatic carbocycles. The van der Waals surface area contributed by atoms with Gasteiger partial charge in [0.15, 0.2) is 0 Å². The Morgan fingerprint density at radius 2 is 1.89 bits per heavy atom. The minimum absolute atomic E-state index is 0.0258. The average Bonchev–Trinajstić information content (AvgIpc) is 3.14. The van der Waals surface area contributed by atoms with E-state index in [-0.39, 0.29) is 18.0 Å². The predicted octanol–water partition coefficient (Wildman–Crippen LogP) is 5.05. The molecule has 1 saturated carbocycles. The summed E-state index contributed by atoms with van der Waals surface area (Å²) < 4.78 is 31.9. The molecule has 5 rings (SSSR count). The molecule has 0 bridgehead atoms. The zero-order valence-corrected chi connectivity index (χ0v) is 20.6. The molecular formula is C28H31F2N3O3. The number of carboxylic acids is 1. The Labute approximate surface area is 209 Å². The number of hydrogen-bond acceptors (Lipinski definition) is 3. The monoisotopic (exact) mass is 495 g/mol. The summed E-state index contributed by atoms with van der Waals surface area (Å²) in [5, 5.41) is 10.4. The summed E-state index contributed by atoms with van der Waals surface area (Å²) in [7, 11) is 3.87. The van der Waals surface area contributed by atoms with Crippen molar-refractivity contribution in [2.45, 2.75) is 50.9 Å². The normalized spacial score (nSPS) is 20.2. The van der Waals surface area contributed by atoms with Crippen LogP contribution in [-0.4, -0.2) is 64.7 Å². The average molecular weight is 496 g/mol. The molecule has 1 amide bonds. The smallest absolute Gasteiger partial charge is 0.335 e. The number of aromatic nitrogens is 1. The van der Waals surface area contributed by atoms with Crippen LogP contribution in [0.15, 0.2) is 36.4 Å². The van der Waals surface area contributed by atoms with Gasteiger partial charge in [-0.3, -0.25) is 4.79 Å². The van der Waals surface area contributed by atoms with Crippen LogP contribution >= 0.6 is 0 Å². The Balaban J connectivity index is 1.80. The Kier molecular flexibility index (Phi) is 6.55. The zero-order chi connectivity index (χ0) is 25.6. The van der Waals surface area contributed by atoms with E-state index in [0.29, 0.717) is 49.2 Å². The van der Waals surface area contributed by atoms with E-state index in [1.54, 1.807) is 27.7 Å². The van der Waals surface area contributed by atoms with Crippen LogP contribution in [0.4, 0.5) is 8.78 Å². The number of rotatable bonds is 5. The van der Waals surface area contributed by atoms with Crippen molar-refractivity contribution >= 4 is 22.8 Å². The zero-order valence-electron chi connectivity index (χ0n) is 20.6. The molecule has 1 aliphatic carbocycles. The molecule has 0 saturated heterocycles. The highest BCUT2D eigenvalue weighted by Crippen LogP contribution is 2.46. The van der Waals surface area contributed by atoms with Crippen molar-refractivity contribution in [3.8, 4) is 11.3 Å². The molecule has 0 spiro atoms. The number of carbonyl (C=O) groups is 2. The van der Waals surface area contributed by atoms with Crippen LogP contribution in [0.5, 0.6) is 0 Å². The van der Waals surface area contributed by atoms with Crippen molar-refractivity contribution in [1.29, 1.82) is 0 Å². The summed E-state index contributed by atoms with van der Waals surface area (Å²) in [4.78, 5) is 29.1. The number of fused-ring (bicyclic) bond motifs is 5. The first-order chi connectivity index (χ1) is 17.2. The van der Waals surface area contributed by atoms with Gasteiger partial charge in [-0.15, -0.1) is 0 Å². The van der Waals surface area contributed by atoms with Crippen LogP contribution in [0, 0.1) is 5.82 Å². The molecule has 36 heavy (non-hydrogen) atoms. The fourth-order valence-electron chi connectivity index (χ4n) is 5.71. The molecule has 2 atom stereocenters. The molecule has 2 heterocycles. The first kappa shape index (κ1) is 24.4. The van der Waals surface area contributed by atoms with Crippen molar-refractivity contribution in [1.82, 2.24) is 14.4 Å². The second kappa shape index (κ2) is 9.65. The summed E-state index contributed by atoms with van der Waals surface area (Å²) in [6.07, 6.45) is 1.76. The van der Waals surface area contributed by atoms with Crippen molar-refractivity contribution in [2.75, 3.05) is 27.2 Å². The first-order valence-corrected chi connectivity index (χ1v) is 12.5. The van der Waals surface area contributed by atoms with Gasteiger partial charge in [-0.25, -0.2) is 13.6 Å².